The van der Waals surface area contributed by atoms with Crippen LogP contribution >= 0.6 is 0 Å². The highest BCUT2D eigenvalue weighted by molar-refractivity contribution is 5.21. The molecule has 5 nitrogen and oxygen atoms in total. The van der Waals surface area contributed by atoms with Crippen LogP contribution in [0, 0.1) is 0 Å². The normalized spacial score (nSPS) is 12.9. The van der Waals surface area contributed by atoms with Gasteiger partial charge in [-0.3, -0.25) is 0 Å². The van der Waals surface area contributed by atoms with Crippen molar-refractivity contribution < 1.29 is 18.7 Å². The molecule has 0 aliphatic carbocycles. The molecular formula is C22H27N2O3+. The largest absolute Gasteiger partial charge is 0.437 e. The maximum Gasteiger partial charge on any atom is 0.228 e. The summed E-state index contributed by atoms with van der Waals surface area (Å²) >= 11 is 0. The van der Waals surface area contributed by atoms with Crippen molar-refractivity contribution in [3.63, 3.8) is 0 Å². The lowest BCUT2D eigenvalue weighted by Gasteiger charge is -2.28. The molecule has 0 fully saturated rings. The molecule has 0 spiro atoms. The van der Waals surface area contributed by atoms with E-state index in [4.69, 9.17) is 9.15 Å². The van der Waals surface area contributed by atoms with Crippen LogP contribution in [0.1, 0.15) is 28.9 Å². The second kappa shape index (κ2) is 8.95. The zero-order valence-electron chi connectivity index (χ0n) is 15.9. The van der Waals surface area contributed by atoms with Crippen LogP contribution in [0.5, 0.6) is 0 Å². The van der Waals surface area contributed by atoms with Gasteiger partial charge in [0, 0.05) is 0 Å². The van der Waals surface area contributed by atoms with E-state index in [1.165, 1.54) is 5.56 Å². The van der Waals surface area contributed by atoms with Gasteiger partial charge in [0.15, 0.2) is 11.9 Å². The van der Waals surface area contributed by atoms with E-state index in [-0.39, 0.29) is 0 Å². The average molecular weight is 367 g/mol. The molecule has 0 bridgehead atoms. The maximum atomic E-state index is 10.4. The summed E-state index contributed by atoms with van der Waals surface area (Å²) in [6, 6.07) is 19.6. The second-order valence-electron chi connectivity index (χ2n) is 7.33. The summed E-state index contributed by atoms with van der Waals surface area (Å²) in [6.45, 7) is 2.82. The van der Waals surface area contributed by atoms with E-state index < -0.39 is 6.10 Å². The molecule has 27 heavy (non-hydrogen) atoms. The third kappa shape index (κ3) is 5.76. The van der Waals surface area contributed by atoms with Crippen LogP contribution < -0.4 is 0 Å². The summed E-state index contributed by atoms with van der Waals surface area (Å²) in [5.41, 5.74) is 1.95. The molecule has 5 heteroatoms. The predicted octanol–water partition coefficient (Wildman–Crippen LogP) is 3.55. The van der Waals surface area contributed by atoms with Crippen molar-refractivity contribution in [2.45, 2.75) is 19.3 Å². The SMILES string of the molecule is C[N+](C)(CCOCc1ccccc1)Cc1cnc([C@H](O)c2ccccc2)o1. The lowest BCUT2D eigenvalue weighted by Crippen LogP contribution is -2.41. The highest BCUT2D eigenvalue weighted by Crippen LogP contribution is 2.22. The Morgan fingerprint density at radius 2 is 1.70 bits per heavy atom. The summed E-state index contributed by atoms with van der Waals surface area (Å²) in [7, 11) is 4.25. The van der Waals surface area contributed by atoms with Gasteiger partial charge in [-0.25, -0.2) is 4.98 Å². The number of quaternary nitrogens is 1. The fourth-order valence-corrected chi connectivity index (χ4v) is 2.88. The molecule has 0 unspecified atom stereocenters. The summed E-state index contributed by atoms with van der Waals surface area (Å²) < 4.78 is 12.3. The Morgan fingerprint density at radius 1 is 1.04 bits per heavy atom. The molecule has 0 amide bonds. The number of hydrogen-bond donors (Lipinski definition) is 1. The van der Waals surface area contributed by atoms with Crippen molar-refractivity contribution >= 4 is 0 Å². The first-order chi connectivity index (χ1) is 13.0. The molecule has 0 radical (unpaired) electrons. The molecule has 0 saturated heterocycles. The number of aromatic nitrogens is 1. The van der Waals surface area contributed by atoms with Gasteiger partial charge >= 0.3 is 0 Å². The number of rotatable bonds is 9. The summed E-state index contributed by atoms with van der Waals surface area (Å²) in [5.74, 6) is 1.09. The predicted molar refractivity (Wildman–Crippen MR) is 104 cm³/mol. The van der Waals surface area contributed by atoms with Crippen LogP contribution in [-0.4, -0.2) is 41.8 Å². The van der Waals surface area contributed by atoms with Gasteiger partial charge in [-0.15, -0.1) is 0 Å². The molecule has 1 N–H and O–H groups in total. The second-order valence-corrected chi connectivity index (χ2v) is 7.33. The van der Waals surface area contributed by atoms with Crippen LogP contribution in [0.3, 0.4) is 0 Å². The van der Waals surface area contributed by atoms with Crippen molar-refractivity contribution in [2.24, 2.45) is 0 Å². The zero-order chi connectivity index (χ0) is 19.1. The van der Waals surface area contributed by atoms with Crippen LogP contribution in [-0.2, 0) is 17.9 Å². The zero-order valence-corrected chi connectivity index (χ0v) is 15.9. The number of likely N-dealkylation sites (N-methyl/N-ethyl adjacent to an activating group) is 1. The Morgan fingerprint density at radius 3 is 2.41 bits per heavy atom. The summed E-state index contributed by atoms with van der Waals surface area (Å²) in [5, 5.41) is 10.4. The quantitative estimate of drug-likeness (QED) is 0.464. The lowest BCUT2D eigenvalue weighted by molar-refractivity contribution is -0.905. The molecule has 0 aliphatic rings. The topological polar surface area (TPSA) is 55.5 Å². The van der Waals surface area contributed by atoms with Gasteiger partial charge in [0.25, 0.3) is 0 Å². The van der Waals surface area contributed by atoms with E-state index in [9.17, 15) is 5.11 Å². The third-order valence-corrected chi connectivity index (χ3v) is 4.46. The molecule has 0 saturated carbocycles. The Balaban J connectivity index is 1.49. The average Bonchev–Trinajstić information content (AvgIpc) is 3.14. The van der Waals surface area contributed by atoms with E-state index in [0.717, 1.165) is 17.9 Å². The van der Waals surface area contributed by atoms with Gasteiger partial charge < -0.3 is 18.7 Å². The molecule has 1 heterocycles. The number of nitrogens with zero attached hydrogens (tertiary/aromatic N) is 2. The fourth-order valence-electron chi connectivity index (χ4n) is 2.88. The molecule has 3 aromatic rings. The van der Waals surface area contributed by atoms with E-state index in [2.05, 4.69) is 31.2 Å². The molecule has 142 valence electrons. The minimum atomic E-state index is -0.843. The highest BCUT2D eigenvalue weighted by atomic mass is 16.5. The Bertz CT molecular complexity index is 816. The lowest BCUT2D eigenvalue weighted by atomic mass is 10.1. The van der Waals surface area contributed by atoms with Gasteiger partial charge in [0.2, 0.25) is 5.89 Å². The maximum absolute atomic E-state index is 10.4. The summed E-state index contributed by atoms with van der Waals surface area (Å²) in [6.07, 6.45) is 0.858. The third-order valence-electron chi connectivity index (χ3n) is 4.46. The van der Waals surface area contributed by atoms with Crippen molar-refractivity contribution in [1.82, 2.24) is 4.98 Å². The smallest absolute Gasteiger partial charge is 0.228 e. The van der Waals surface area contributed by atoms with Crippen molar-refractivity contribution in [3.05, 3.63) is 89.6 Å². The van der Waals surface area contributed by atoms with E-state index in [1.807, 2.05) is 48.5 Å². The molecule has 0 aliphatic heterocycles. The Hall–Kier alpha value is -2.47. The van der Waals surface area contributed by atoms with Gasteiger partial charge in [0.1, 0.15) is 13.1 Å². The van der Waals surface area contributed by atoms with Crippen LogP contribution in [0.25, 0.3) is 0 Å². The van der Waals surface area contributed by atoms with Crippen molar-refractivity contribution in [2.75, 3.05) is 27.2 Å². The number of oxazole rings is 1. The van der Waals surface area contributed by atoms with Gasteiger partial charge in [-0.1, -0.05) is 60.7 Å². The minimum Gasteiger partial charge on any atom is -0.437 e. The molecule has 2 aromatic carbocycles. The monoisotopic (exact) mass is 367 g/mol. The molecule has 1 atom stereocenters. The molecular weight excluding hydrogens is 340 g/mol. The Kier molecular flexibility index (Phi) is 6.40. The highest BCUT2D eigenvalue weighted by Gasteiger charge is 2.21. The molecule has 3 rings (SSSR count). The number of hydrogen-bond acceptors (Lipinski definition) is 4. The van der Waals surface area contributed by atoms with Gasteiger partial charge in [-0.05, 0) is 11.1 Å². The van der Waals surface area contributed by atoms with E-state index in [1.54, 1.807) is 6.20 Å². The fraction of sp³-hybridized carbons (Fsp3) is 0.318. The van der Waals surface area contributed by atoms with Crippen LogP contribution in [0.2, 0.25) is 0 Å². The number of aliphatic hydroxyl groups is 1. The number of aliphatic hydroxyl groups excluding tert-OH is 1. The van der Waals surface area contributed by atoms with Crippen molar-refractivity contribution in [3.8, 4) is 0 Å². The first kappa shape index (κ1) is 19.3. The standard InChI is InChI=1S/C22H27N2O3/c1-24(2,13-14-26-17-18-9-5-3-6-10-18)16-20-15-23-22(27-20)21(25)19-11-7-4-8-12-19/h3-12,15,21,25H,13-14,16-17H2,1-2H3/q+1/t21-/m1/s1. The van der Waals surface area contributed by atoms with Gasteiger partial charge in [0.05, 0.1) is 33.5 Å². The molecule has 1 aromatic heterocycles. The number of benzene rings is 2. The first-order valence-corrected chi connectivity index (χ1v) is 9.15. The van der Waals surface area contributed by atoms with Gasteiger partial charge in [-0.2, -0.15) is 0 Å². The minimum absolute atomic E-state index is 0.330. The number of ether oxygens (including phenoxy) is 1. The Labute approximate surface area is 160 Å². The van der Waals surface area contributed by atoms with E-state index in [0.29, 0.717) is 30.1 Å². The first-order valence-electron chi connectivity index (χ1n) is 9.15. The van der Waals surface area contributed by atoms with Crippen LogP contribution in [0.4, 0.5) is 0 Å². The van der Waals surface area contributed by atoms with E-state index >= 15 is 0 Å². The summed E-state index contributed by atoms with van der Waals surface area (Å²) in [4.78, 5) is 4.25. The van der Waals surface area contributed by atoms with Crippen molar-refractivity contribution in [1.29, 1.82) is 0 Å². The van der Waals surface area contributed by atoms with Crippen LogP contribution in [0.15, 0.2) is 71.3 Å².